The zero-order valence-electron chi connectivity index (χ0n) is 9.90. The molecule has 1 spiro atoms. The molecule has 0 unspecified atom stereocenters. The van der Waals surface area contributed by atoms with Crippen LogP contribution < -0.4 is 5.32 Å². The molecule has 0 bridgehead atoms. The molecule has 0 aromatic heterocycles. The first-order valence-electron chi connectivity index (χ1n) is 6.00. The van der Waals surface area contributed by atoms with E-state index in [0.29, 0.717) is 11.1 Å². The second-order valence-electron chi connectivity index (χ2n) is 5.86. The molecule has 1 saturated heterocycles. The predicted octanol–water partition coefficient (Wildman–Crippen LogP) is 2.00. The minimum absolute atomic E-state index is 0.336. The van der Waals surface area contributed by atoms with E-state index in [1.54, 1.807) is 0 Å². The van der Waals surface area contributed by atoms with Crippen LogP contribution >= 0.6 is 0 Å². The van der Waals surface area contributed by atoms with Gasteiger partial charge in [-0.3, -0.25) is 4.90 Å². The standard InChI is InChI=1S/C12H24N2/c1-11(2)9-13-12(10-14(11)3)7-5-4-6-8-12/h13H,4-10H2,1-3H3. The number of piperazine rings is 1. The fourth-order valence-electron chi connectivity index (χ4n) is 2.83. The summed E-state index contributed by atoms with van der Waals surface area (Å²) in [7, 11) is 2.27. The molecule has 0 amide bonds. The van der Waals surface area contributed by atoms with E-state index < -0.39 is 0 Å². The summed E-state index contributed by atoms with van der Waals surface area (Å²) in [5.41, 5.74) is 0.797. The maximum atomic E-state index is 3.81. The van der Waals surface area contributed by atoms with Gasteiger partial charge in [0, 0.05) is 24.2 Å². The molecular weight excluding hydrogens is 172 g/mol. The number of nitrogens with zero attached hydrogens (tertiary/aromatic N) is 1. The first-order valence-corrected chi connectivity index (χ1v) is 6.00. The fourth-order valence-corrected chi connectivity index (χ4v) is 2.83. The molecule has 2 aliphatic rings. The number of hydrogen-bond donors (Lipinski definition) is 1. The van der Waals surface area contributed by atoms with Gasteiger partial charge in [-0.05, 0) is 33.7 Å². The Morgan fingerprint density at radius 1 is 1.07 bits per heavy atom. The summed E-state index contributed by atoms with van der Waals surface area (Å²) in [6.07, 6.45) is 7.04. The summed E-state index contributed by atoms with van der Waals surface area (Å²) in [6, 6.07) is 0. The van der Waals surface area contributed by atoms with Crippen LogP contribution in [0, 0.1) is 0 Å². The molecule has 0 radical (unpaired) electrons. The molecule has 82 valence electrons. The van der Waals surface area contributed by atoms with E-state index >= 15 is 0 Å². The largest absolute Gasteiger partial charge is 0.308 e. The third kappa shape index (κ3) is 1.82. The molecule has 2 rings (SSSR count). The highest BCUT2D eigenvalue weighted by Gasteiger charge is 2.41. The van der Waals surface area contributed by atoms with Crippen molar-refractivity contribution in [2.45, 2.75) is 57.0 Å². The minimum Gasteiger partial charge on any atom is -0.308 e. The van der Waals surface area contributed by atoms with Crippen molar-refractivity contribution in [2.24, 2.45) is 0 Å². The molecule has 14 heavy (non-hydrogen) atoms. The van der Waals surface area contributed by atoms with Crippen LogP contribution in [0.3, 0.4) is 0 Å². The van der Waals surface area contributed by atoms with E-state index in [2.05, 4.69) is 31.1 Å². The third-order valence-electron chi connectivity index (χ3n) is 4.28. The highest BCUT2D eigenvalue weighted by atomic mass is 15.3. The molecule has 1 heterocycles. The quantitative estimate of drug-likeness (QED) is 0.637. The summed E-state index contributed by atoms with van der Waals surface area (Å²) in [4.78, 5) is 2.54. The molecule has 0 atom stereocenters. The lowest BCUT2D eigenvalue weighted by Gasteiger charge is -2.52. The van der Waals surface area contributed by atoms with Gasteiger partial charge in [-0.15, -0.1) is 0 Å². The molecular formula is C12H24N2. The minimum atomic E-state index is 0.336. The van der Waals surface area contributed by atoms with E-state index in [1.807, 2.05) is 0 Å². The van der Waals surface area contributed by atoms with Crippen molar-refractivity contribution in [2.75, 3.05) is 20.1 Å². The van der Waals surface area contributed by atoms with Crippen LogP contribution in [-0.4, -0.2) is 36.1 Å². The van der Waals surface area contributed by atoms with Crippen molar-refractivity contribution in [1.29, 1.82) is 0 Å². The van der Waals surface area contributed by atoms with Crippen LogP contribution in [0.25, 0.3) is 0 Å². The van der Waals surface area contributed by atoms with Crippen LogP contribution in [-0.2, 0) is 0 Å². The molecule has 2 fully saturated rings. The van der Waals surface area contributed by atoms with Crippen molar-refractivity contribution < 1.29 is 0 Å². The predicted molar refractivity (Wildman–Crippen MR) is 60.5 cm³/mol. The number of rotatable bonds is 0. The van der Waals surface area contributed by atoms with Crippen LogP contribution in [0.1, 0.15) is 46.0 Å². The van der Waals surface area contributed by atoms with E-state index in [-0.39, 0.29) is 0 Å². The molecule has 2 nitrogen and oxygen atoms in total. The Kier molecular flexibility index (Phi) is 2.61. The lowest BCUT2D eigenvalue weighted by molar-refractivity contribution is 0.0309. The smallest absolute Gasteiger partial charge is 0.0309 e. The van der Waals surface area contributed by atoms with Gasteiger partial charge >= 0.3 is 0 Å². The Morgan fingerprint density at radius 3 is 2.29 bits per heavy atom. The van der Waals surface area contributed by atoms with Crippen LogP contribution in [0.5, 0.6) is 0 Å². The maximum absolute atomic E-state index is 3.81. The summed E-state index contributed by atoms with van der Waals surface area (Å²) < 4.78 is 0. The lowest BCUT2D eigenvalue weighted by atomic mass is 9.78. The van der Waals surface area contributed by atoms with Gasteiger partial charge in [0.05, 0.1) is 0 Å². The van der Waals surface area contributed by atoms with Gasteiger partial charge in [0.25, 0.3) is 0 Å². The maximum Gasteiger partial charge on any atom is 0.0309 e. The molecule has 0 aromatic carbocycles. The molecule has 0 aromatic rings. The van der Waals surface area contributed by atoms with Crippen LogP contribution in [0.4, 0.5) is 0 Å². The van der Waals surface area contributed by atoms with E-state index in [4.69, 9.17) is 0 Å². The number of likely N-dealkylation sites (N-methyl/N-ethyl adjacent to an activating group) is 1. The highest BCUT2D eigenvalue weighted by Crippen LogP contribution is 2.33. The van der Waals surface area contributed by atoms with Gasteiger partial charge in [-0.2, -0.15) is 0 Å². The highest BCUT2D eigenvalue weighted by molar-refractivity contribution is 5.01. The molecule has 2 heteroatoms. The normalized spacial score (nSPS) is 31.9. The van der Waals surface area contributed by atoms with Crippen LogP contribution in [0.15, 0.2) is 0 Å². The van der Waals surface area contributed by atoms with Crippen molar-refractivity contribution in [3.05, 3.63) is 0 Å². The Bertz CT molecular complexity index is 204. The van der Waals surface area contributed by atoms with Gasteiger partial charge in [-0.1, -0.05) is 19.3 Å². The monoisotopic (exact) mass is 196 g/mol. The van der Waals surface area contributed by atoms with E-state index in [1.165, 1.54) is 38.6 Å². The Balaban J connectivity index is 2.03. The van der Waals surface area contributed by atoms with Crippen LogP contribution in [0.2, 0.25) is 0 Å². The first-order chi connectivity index (χ1) is 6.54. The second-order valence-corrected chi connectivity index (χ2v) is 5.86. The Morgan fingerprint density at radius 2 is 1.71 bits per heavy atom. The average Bonchev–Trinajstić information content (AvgIpc) is 2.15. The van der Waals surface area contributed by atoms with E-state index in [0.717, 1.165) is 6.54 Å². The second kappa shape index (κ2) is 3.49. The summed E-state index contributed by atoms with van der Waals surface area (Å²) >= 11 is 0. The molecule has 1 aliphatic heterocycles. The fraction of sp³-hybridized carbons (Fsp3) is 1.00. The van der Waals surface area contributed by atoms with Crippen molar-refractivity contribution in [1.82, 2.24) is 10.2 Å². The average molecular weight is 196 g/mol. The molecule has 1 N–H and O–H groups in total. The molecule has 1 saturated carbocycles. The summed E-state index contributed by atoms with van der Waals surface area (Å²) in [5.74, 6) is 0. The first kappa shape index (κ1) is 10.4. The topological polar surface area (TPSA) is 15.3 Å². The van der Waals surface area contributed by atoms with E-state index in [9.17, 15) is 0 Å². The van der Waals surface area contributed by atoms with Gasteiger partial charge in [0.15, 0.2) is 0 Å². The van der Waals surface area contributed by atoms with Gasteiger partial charge < -0.3 is 5.32 Å². The van der Waals surface area contributed by atoms with Gasteiger partial charge in [0.2, 0.25) is 0 Å². The lowest BCUT2D eigenvalue weighted by Crippen LogP contribution is -2.67. The van der Waals surface area contributed by atoms with Crippen molar-refractivity contribution in [3.63, 3.8) is 0 Å². The summed E-state index contributed by atoms with van der Waals surface area (Å²) in [6.45, 7) is 7.04. The number of hydrogen-bond acceptors (Lipinski definition) is 2. The SMILES string of the molecule is CN1CC2(CCCCC2)NCC1(C)C. The zero-order valence-corrected chi connectivity index (χ0v) is 9.90. The van der Waals surface area contributed by atoms with Gasteiger partial charge in [0.1, 0.15) is 0 Å². The summed E-state index contributed by atoms with van der Waals surface area (Å²) in [5, 5.41) is 3.81. The Labute approximate surface area is 88.1 Å². The van der Waals surface area contributed by atoms with Crippen molar-refractivity contribution >= 4 is 0 Å². The Hall–Kier alpha value is -0.0800. The van der Waals surface area contributed by atoms with Crippen molar-refractivity contribution in [3.8, 4) is 0 Å². The third-order valence-corrected chi connectivity index (χ3v) is 4.28. The number of nitrogens with one attached hydrogen (secondary N) is 1. The zero-order chi connectivity index (χ0) is 10.2. The van der Waals surface area contributed by atoms with Gasteiger partial charge in [-0.25, -0.2) is 0 Å². The molecule has 1 aliphatic carbocycles.